The van der Waals surface area contributed by atoms with Crippen molar-refractivity contribution in [3.05, 3.63) is 40.5 Å². The van der Waals surface area contributed by atoms with Gasteiger partial charge in [-0.1, -0.05) is 0 Å². The number of halogens is 2. The van der Waals surface area contributed by atoms with Gasteiger partial charge in [0.2, 0.25) is 0 Å². The van der Waals surface area contributed by atoms with E-state index in [9.17, 15) is 5.26 Å². The summed E-state index contributed by atoms with van der Waals surface area (Å²) in [4.78, 5) is 14.2. The monoisotopic (exact) mass is 603 g/mol. The van der Waals surface area contributed by atoms with Crippen molar-refractivity contribution in [2.45, 2.75) is 57.0 Å². The van der Waals surface area contributed by atoms with Crippen LogP contribution < -0.4 is 20.7 Å². The average Bonchev–Trinajstić information content (AvgIpc) is 3.77. The summed E-state index contributed by atoms with van der Waals surface area (Å²) in [7, 11) is 2.07. The van der Waals surface area contributed by atoms with Crippen LogP contribution in [0, 0.1) is 23.0 Å². The predicted octanol–water partition coefficient (Wildman–Crippen LogP) is 4.69. The van der Waals surface area contributed by atoms with E-state index < -0.39 is 11.6 Å². The van der Waals surface area contributed by atoms with Crippen molar-refractivity contribution in [3.8, 4) is 23.2 Å². The molecule has 2 aromatic heterocycles. The van der Waals surface area contributed by atoms with Gasteiger partial charge in [0.15, 0.2) is 5.82 Å². The number of nitrogens with zero attached hydrogens (tertiary/aromatic N) is 5. The van der Waals surface area contributed by atoms with Crippen LogP contribution in [-0.4, -0.2) is 66.3 Å². The highest BCUT2D eigenvalue weighted by Crippen LogP contribution is 2.48. The molecule has 3 saturated heterocycles. The van der Waals surface area contributed by atoms with Crippen LogP contribution in [0.5, 0.6) is 6.01 Å². The third-order valence-electron chi connectivity index (χ3n) is 9.65. The summed E-state index contributed by atoms with van der Waals surface area (Å²) in [6, 6.07) is 5.76. The van der Waals surface area contributed by atoms with Crippen molar-refractivity contribution in [1.82, 2.24) is 20.2 Å². The van der Waals surface area contributed by atoms with E-state index >= 15 is 8.78 Å². The van der Waals surface area contributed by atoms with Crippen LogP contribution >= 0.6 is 11.3 Å². The highest BCUT2D eigenvalue weighted by atomic mass is 32.1. The fourth-order valence-electron chi connectivity index (χ4n) is 7.53. The zero-order chi connectivity index (χ0) is 29.4. The Morgan fingerprint density at radius 1 is 1.12 bits per heavy atom. The molecule has 4 aliphatic rings. The number of nitrogens with two attached hydrogens (primary N) is 1. The first-order chi connectivity index (χ1) is 20.9. The van der Waals surface area contributed by atoms with Gasteiger partial charge in [-0.2, -0.15) is 15.2 Å². The smallest absolute Gasteiger partial charge is 0.319 e. The SMILES string of the molecule is CN1CCC[C@H]1COc1nc(N2C3CCC2CNC3)c2c3c(c(-c4c(F)ccc5sc(N)c(C#N)c45)c(F)c2n1)COC3. The molecule has 3 fully saturated rings. The average molecular weight is 604 g/mol. The van der Waals surface area contributed by atoms with Crippen molar-refractivity contribution < 1.29 is 18.3 Å². The van der Waals surface area contributed by atoms with Gasteiger partial charge in [-0.25, -0.2) is 8.78 Å². The van der Waals surface area contributed by atoms with Crippen molar-refractivity contribution in [2.24, 2.45) is 0 Å². The number of fused-ring (bicyclic) bond motifs is 6. The van der Waals surface area contributed by atoms with E-state index in [0.29, 0.717) is 33.5 Å². The molecule has 43 heavy (non-hydrogen) atoms. The van der Waals surface area contributed by atoms with Crippen LogP contribution in [0.15, 0.2) is 12.1 Å². The van der Waals surface area contributed by atoms with Crippen LogP contribution in [0.2, 0.25) is 0 Å². The van der Waals surface area contributed by atoms with Crippen molar-refractivity contribution in [2.75, 3.05) is 43.9 Å². The lowest BCUT2D eigenvalue weighted by Crippen LogP contribution is -2.52. The number of piperazine rings is 1. The zero-order valence-electron chi connectivity index (χ0n) is 23.8. The number of benzene rings is 2. The molecule has 2 unspecified atom stereocenters. The number of likely N-dealkylation sites (N-methyl/N-ethyl adjacent to an activating group) is 1. The highest BCUT2D eigenvalue weighted by Gasteiger charge is 2.40. The lowest BCUT2D eigenvalue weighted by molar-refractivity contribution is 0.135. The molecule has 0 amide bonds. The molecule has 0 aliphatic carbocycles. The van der Waals surface area contributed by atoms with Crippen molar-refractivity contribution in [1.29, 1.82) is 5.26 Å². The largest absolute Gasteiger partial charge is 0.462 e. The Hall–Kier alpha value is -3.63. The van der Waals surface area contributed by atoms with Gasteiger partial charge in [-0.15, -0.1) is 11.3 Å². The van der Waals surface area contributed by atoms with Gasteiger partial charge in [0.25, 0.3) is 0 Å². The Labute approximate surface area is 251 Å². The second-order valence-corrected chi connectivity index (χ2v) is 13.1. The highest BCUT2D eigenvalue weighted by molar-refractivity contribution is 7.23. The Kier molecular flexibility index (Phi) is 6.41. The molecule has 2 aromatic carbocycles. The first-order valence-corrected chi connectivity index (χ1v) is 15.6. The topological polar surface area (TPSA) is 113 Å². The summed E-state index contributed by atoms with van der Waals surface area (Å²) in [6.07, 6.45) is 4.12. The molecule has 4 aromatic rings. The molecule has 2 bridgehead atoms. The number of ether oxygens (including phenoxy) is 2. The molecular weight excluding hydrogens is 572 g/mol. The molecule has 0 saturated carbocycles. The molecule has 0 radical (unpaired) electrons. The molecule has 3 N–H and O–H groups in total. The molecule has 8 rings (SSSR count). The fourth-order valence-corrected chi connectivity index (χ4v) is 8.46. The number of anilines is 2. The van der Waals surface area contributed by atoms with Gasteiger partial charge >= 0.3 is 6.01 Å². The maximum Gasteiger partial charge on any atom is 0.319 e. The summed E-state index contributed by atoms with van der Waals surface area (Å²) >= 11 is 1.19. The second-order valence-electron chi connectivity index (χ2n) is 12.0. The molecule has 9 nitrogen and oxygen atoms in total. The number of nitrogen functional groups attached to an aromatic ring is 1. The van der Waals surface area contributed by atoms with Gasteiger partial charge in [0.1, 0.15) is 34.8 Å². The first-order valence-electron chi connectivity index (χ1n) is 14.8. The van der Waals surface area contributed by atoms with Crippen LogP contribution in [0.1, 0.15) is 42.4 Å². The second kappa shape index (κ2) is 10.2. The normalized spacial score (nSPS) is 23.4. The maximum atomic E-state index is 17.2. The Balaban J connectivity index is 1.39. The minimum atomic E-state index is -0.673. The number of hydrogen-bond acceptors (Lipinski definition) is 10. The zero-order valence-corrected chi connectivity index (χ0v) is 24.6. The van der Waals surface area contributed by atoms with E-state index in [1.165, 1.54) is 17.4 Å². The van der Waals surface area contributed by atoms with Crippen LogP contribution in [0.4, 0.5) is 19.6 Å². The Morgan fingerprint density at radius 2 is 1.91 bits per heavy atom. The number of thiophene rings is 1. The molecule has 3 atom stereocenters. The lowest BCUT2D eigenvalue weighted by Gasteiger charge is -2.37. The van der Waals surface area contributed by atoms with Crippen LogP contribution in [0.25, 0.3) is 32.1 Å². The van der Waals surface area contributed by atoms with E-state index in [4.69, 9.17) is 20.2 Å². The number of aromatic nitrogens is 2. The Morgan fingerprint density at radius 3 is 2.65 bits per heavy atom. The van der Waals surface area contributed by atoms with E-state index in [1.54, 1.807) is 6.07 Å². The van der Waals surface area contributed by atoms with Gasteiger partial charge in [0.05, 0.1) is 24.2 Å². The number of likely N-dealkylation sites (tertiary alicyclic amines) is 1. The summed E-state index contributed by atoms with van der Waals surface area (Å²) in [5, 5.41) is 14.6. The molecule has 0 spiro atoms. The summed E-state index contributed by atoms with van der Waals surface area (Å²) < 4.78 is 45.8. The lowest BCUT2D eigenvalue weighted by atomic mass is 9.90. The van der Waals surface area contributed by atoms with Crippen LogP contribution in [0.3, 0.4) is 0 Å². The van der Waals surface area contributed by atoms with E-state index in [2.05, 4.69) is 33.2 Å². The molecular formula is C31H31F2N7O2S. The van der Waals surface area contributed by atoms with Crippen LogP contribution in [-0.2, 0) is 18.0 Å². The predicted molar refractivity (Wildman–Crippen MR) is 161 cm³/mol. The third-order valence-corrected chi connectivity index (χ3v) is 10.6. The number of rotatable bonds is 5. The van der Waals surface area contributed by atoms with E-state index in [-0.39, 0.29) is 64.6 Å². The summed E-state index contributed by atoms with van der Waals surface area (Å²) in [5.41, 5.74) is 7.76. The van der Waals surface area contributed by atoms with E-state index in [1.807, 2.05) is 0 Å². The maximum absolute atomic E-state index is 17.2. The molecule has 12 heteroatoms. The fraction of sp³-hybridized carbons (Fsp3) is 0.452. The molecule has 6 heterocycles. The standard InChI is InChI=1S/C31H31F2N7O2S/c1-39-8-2-3-17(39)12-42-31-37-28-25(30(38-31)40-15-4-5-16(40)11-36-10-15)20-14-41-13-19(20)24(27(28)33)26-21(32)6-7-22-23(26)18(9-34)29(35)43-22/h6-7,15-17,36H,2-5,8,10-14,35H2,1H3/t15?,16?,17-/m0/s1. The minimum Gasteiger partial charge on any atom is -0.462 e. The number of hydrogen-bond donors (Lipinski definition) is 2. The van der Waals surface area contributed by atoms with Crippen molar-refractivity contribution >= 4 is 43.1 Å². The molecule has 4 aliphatic heterocycles. The van der Waals surface area contributed by atoms with Crippen molar-refractivity contribution in [3.63, 3.8) is 0 Å². The molecule has 222 valence electrons. The minimum absolute atomic E-state index is 0.0144. The van der Waals surface area contributed by atoms with Gasteiger partial charge < -0.3 is 30.3 Å². The first kappa shape index (κ1) is 27.0. The van der Waals surface area contributed by atoms with E-state index in [0.717, 1.165) is 50.9 Å². The number of nitrogens with one attached hydrogen (secondary N) is 1. The quantitative estimate of drug-likeness (QED) is 0.336. The number of nitriles is 1. The third kappa shape index (κ3) is 4.09. The van der Waals surface area contributed by atoms with Gasteiger partial charge in [-0.05, 0) is 62.5 Å². The van der Waals surface area contributed by atoms with Gasteiger partial charge in [-0.3, -0.25) is 0 Å². The summed E-state index contributed by atoms with van der Waals surface area (Å²) in [5.74, 6) is -0.658. The van der Waals surface area contributed by atoms with Gasteiger partial charge in [0, 0.05) is 52.4 Å². The Bertz CT molecular complexity index is 1820. The summed E-state index contributed by atoms with van der Waals surface area (Å²) in [6.45, 7) is 3.35.